The van der Waals surface area contributed by atoms with Crippen molar-refractivity contribution in [3.8, 4) is 0 Å². The van der Waals surface area contributed by atoms with Crippen LogP contribution in [0.5, 0.6) is 0 Å². The Hall–Kier alpha value is -1.75. The molecule has 0 heterocycles. The minimum absolute atomic E-state index is 0. The van der Waals surface area contributed by atoms with E-state index in [9.17, 15) is 29.7 Å². The smallest absolute Gasteiger partial charge is 0.164 e. The molecule has 0 radical (unpaired) electrons. The number of allylic oxidation sites excluding steroid dienone is 6. The molecule has 0 aliphatic heterocycles. The van der Waals surface area contributed by atoms with Gasteiger partial charge < -0.3 is 15.3 Å². The first-order chi connectivity index (χ1) is 16.3. The van der Waals surface area contributed by atoms with Gasteiger partial charge in [-0.25, -0.2) is 0 Å². The Bertz CT molecular complexity index is 833. The molecule has 0 unspecified atom stereocenters. The number of aliphatic hydroxyl groups excluding tert-OH is 3. The van der Waals surface area contributed by atoms with E-state index in [2.05, 4.69) is 0 Å². The second-order valence-electron chi connectivity index (χ2n) is 15.1. The molecular weight excluding hydrogens is 581 g/mol. The summed E-state index contributed by atoms with van der Waals surface area (Å²) in [5, 5.41) is 28.6. The molecule has 6 nitrogen and oxygen atoms in total. The monoisotopic (exact) mass is 640 g/mol. The largest absolute Gasteiger partial charge is 0.512 e. The molecule has 0 saturated carbocycles. The van der Waals surface area contributed by atoms with Gasteiger partial charge in [0.2, 0.25) is 0 Å². The first-order valence-corrected chi connectivity index (χ1v) is 13.2. The Morgan fingerprint density at radius 2 is 0.667 bits per heavy atom. The summed E-state index contributed by atoms with van der Waals surface area (Å²) in [7, 11) is 0. The van der Waals surface area contributed by atoms with Gasteiger partial charge in [0.25, 0.3) is 0 Å². The third-order valence-electron chi connectivity index (χ3n) is 5.17. The molecular formula is C32H58O6Ru. The molecule has 39 heavy (non-hydrogen) atoms. The maximum atomic E-state index is 11.5. The molecule has 0 aromatic carbocycles. The molecule has 7 heteroatoms. The topological polar surface area (TPSA) is 112 Å². The Morgan fingerprint density at radius 3 is 0.821 bits per heavy atom. The molecule has 0 atom stereocenters. The molecule has 0 bridgehead atoms. The zero-order valence-electron chi connectivity index (χ0n) is 27.7. The predicted molar refractivity (Wildman–Crippen MR) is 159 cm³/mol. The van der Waals surface area contributed by atoms with E-state index in [1.54, 1.807) is 0 Å². The van der Waals surface area contributed by atoms with Gasteiger partial charge in [0.05, 0.1) is 0 Å². The summed E-state index contributed by atoms with van der Waals surface area (Å²) in [5.41, 5.74) is -1.86. The van der Waals surface area contributed by atoms with Crippen molar-refractivity contribution in [2.24, 2.45) is 33.0 Å². The van der Waals surface area contributed by atoms with Crippen LogP contribution >= 0.6 is 0 Å². The van der Waals surface area contributed by atoms with Crippen molar-refractivity contribution >= 4 is 17.3 Å². The van der Waals surface area contributed by atoms with Crippen LogP contribution in [-0.2, 0) is 33.9 Å². The Balaban J connectivity index is -0.000000233. The Labute approximate surface area is 252 Å². The molecule has 230 valence electrons. The van der Waals surface area contributed by atoms with Crippen LogP contribution < -0.4 is 0 Å². The molecule has 0 aromatic rings. The van der Waals surface area contributed by atoms with Crippen molar-refractivity contribution in [3.05, 3.63) is 35.5 Å². The standard InChI is InChI=1S/2C11H20O2.C10H18O2.Ru/c2*1-10(2,3)8(12)7-9(13)11(4,5)6;1-7(2)8(11)6-9(12)10(3,4)5;/h2*7,12H,1-6H3;6-7,12H,1-5H3;/b2*8-7-;9-6-;. The van der Waals surface area contributed by atoms with Gasteiger partial charge >= 0.3 is 0 Å². The summed E-state index contributed by atoms with van der Waals surface area (Å²) in [4.78, 5) is 34.1. The van der Waals surface area contributed by atoms with E-state index >= 15 is 0 Å². The van der Waals surface area contributed by atoms with E-state index in [1.807, 2.05) is 118 Å². The maximum Gasteiger partial charge on any atom is 0.164 e. The zero-order chi connectivity index (χ0) is 31.7. The SMILES string of the molecule is CC(C)(C)C(=O)/C=C(\O)C(C)(C)C.CC(C)(C)C(=O)/C=C(\O)C(C)(C)C.CC(C)C(=O)/C=C(\O)C(C)(C)C.[Ru]. The molecule has 0 aromatic heterocycles. The van der Waals surface area contributed by atoms with Crippen LogP contribution in [0.15, 0.2) is 35.5 Å². The van der Waals surface area contributed by atoms with Crippen LogP contribution in [0.3, 0.4) is 0 Å². The van der Waals surface area contributed by atoms with Crippen LogP contribution in [0, 0.1) is 33.0 Å². The number of hydrogen-bond donors (Lipinski definition) is 3. The van der Waals surface area contributed by atoms with Gasteiger partial charge in [0, 0.05) is 70.7 Å². The summed E-state index contributed by atoms with van der Waals surface area (Å²) in [6.07, 6.45) is 3.99. The van der Waals surface area contributed by atoms with E-state index in [1.165, 1.54) is 18.2 Å². The molecule has 0 amide bonds. The van der Waals surface area contributed by atoms with Crippen LogP contribution in [0.2, 0.25) is 0 Å². The Morgan fingerprint density at radius 1 is 0.462 bits per heavy atom. The van der Waals surface area contributed by atoms with Gasteiger partial charge in [-0.15, -0.1) is 0 Å². The van der Waals surface area contributed by atoms with Gasteiger partial charge in [0.1, 0.15) is 17.3 Å². The average molecular weight is 640 g/mol. The second kappa shape index (κ2) is 16.5. The van der Waals surface area contributed by atoms with E-state index < -0.39 is 10.8 Å². The molecule has 0 fully saturated rings. The molecule has 0 rings (SSSR count). The van der Waals surface area contributed by atoms with Crippen molar-refractivity contribution in [1.29, 1.82) is 0 Å². The van der Waals surface area contributed by atoms with Crippen LogP contribution in [0.4, 0.5) is 0 Å². The first kappa shape index (κ1) is 44.3. The summed E-state index contributed by atoms with van der Waals surface area (Å²) in [6.45, 7) is 31.5. The van der Waals surface area contributed by atoms with Crippen LogP contribution in [0.1, 0.15) is 118 Å². The van der Waals surface area contributed by atoms with Crippen molar-refractivity contribution in [2.45, 2.75) is 118 Å². The van der Waals surface area contributed by atoms with E-state index in [0.717, 1.165) is 0 Å². The van der Waals surface area contributed by atoms with Crippen molar-refractivity contribution in [1.82, 2.24) is 0 Å². The first-order valence-electron chi connectivity index (χ1n) is 13.2. The van der Waals surface area contributed by atoms with Gasteiger partial charge in [-0.1, -0.05) is 118 Å². The molecule has 0 saturated heterocycles. The quantitative estimate of drug-likeness (QED) is 0.161. The van der Waals surface area contributed by atoms with Gasteiger partial charge in [-0.3, -0.25) is 14.4 Å². The van der Waals surface area contributed by atoms with Crippen LogP contribution in [0.25, 0.3) is 0 Å². The zero-order valence-corrected chi connectivity index (χ0v) is 29.5. The van der Waals surface area contributed by atoms with E-state index in [0.29, 0.717) is 0 Å². The summed E-state index contributed by atoms with van der Waals surface area (Å²) >= 11 is 0. The minimum Gasteiger partial charge on any atom is -0.512 e. The second-order valence-corrected chi connectivity index (χ2v) is 15.1. The van der Waals surface area contributed by atoms with Crippen molar-refractivity contribution in [3.63, 3.8) is 0 Å². The van der Waals surface area contributed by atoms with Gasteiger partial charge in [-0.2, -0.15) is 0 Å². The number of rotatable bonds is 4. The average Bonchev–Trinajstić information content (AvgIpc) is 2.64. The van der Waals surface area contributed by atoms with Crippen molar-refractivity contribution < 1.29 is 49.2 Å². The summed E-state index contributed by atoms with van der Waals surface area (Å²) in [6, 6.07) is 0. The number of aliphatic hydroxyl groups is 3. The van der Waals surface area contributed by atoms with E-state index in [-0.39, 0.29) is 76.3 Å². The molecule has 0 aliphatic carbocycles. The van der Waals surface area contributed by atoms with Crippen molar-refractivity contribution in [2.75, 3.05) is 0 Å². The fourth-order valence-corrected chi connectivity index (χ4v) is 1.63. The molecule has 3 N–H and O–H groups in total. The number of hydrogen-bond acceptors (Lipinski definition) is 6. The fourth-order valence-electron chi connectivity index (χ4n) is 1.63. The fraction of sp³-hybridized carbons (Fsp3) is 0.719. The number of ketones is 3. The normalized spacial score (nSPS) is 13.8. The van der Waals surface area contributed by atoms with Crippen LogP contribution in [-0.4, -0.2) is 32.7 Å². The third-order valence-corrected chi connectivity index (χ3v) is 5.17. The number of carbonyl (C=O) groups is 3. The number of carbonyl (C=O) groups excluding carboxylic acids is 3. The Kier molecular flexibility index (Phi) is 18.7. The summed E-state index contributed by atoms with van der Waals surface area (Å²) in [5.74, 6) is 0.290. The molecule has 0 aliphatic rings. The van der Waals surface area contributed by atoms with E-state index in [4.69, 9.17) is 0 Å². The van der Waals surface area contributed by atoms with Gasteiger partial charge in [-0.05, 0) is 0 Å². The molecule has 0 spiro atoms. The van der Waals surface area contributed by atoms with Gasteiger partial charge in [0.15, 0.2) is 17.3 Å². The third kappa shape index (κ3) is 21.7. The maximum absolute atomic E-state index is 11.5. The summed E-state index contributed by atoms with van der Waals surface area (Å²) < 4.78 is 0. The minimum atomic E-state index is -0.417. The predicted octanol–water partition coefficient (Wildman–Crippen LogP) is 8.88.